The highest BCUT2D eigenvalue weighted by atomic mass is 79.9. The number of halogens is 1. The first kappa shape index (κ1) is 16.5. The zero-order valence-corrected chi connectivity index (χ0v) is 13.6. The number of hydrogen-bond acceptors (Lipinski definition) is 3. The summed E-state index contributed by atoms with van der Waals surface area (Å²) in [6, 6.07) is 6.41. The van der Waals surface area contributed by atoms with Crippen molar-refractivity contribution in [1.82, 2.24) is 5.32 Å². The van der Waals surface area contributed by atoms with Gasteiger partial charge in [0.1, 0.15) is 12.4 Å². The predicted octanol–water partition coefficient (Wildman–Crippen LogP) is 3.93. The van der Waals surface area contributed by atoms with Crippen molar-refractivity contribution in [3.05, 3.63) is 28.2 Å². The van der Waals surface area contributed by atoms with Gasteiger partial charge in [0.2, 0.25) is 0 Å². The van der Waals surface area contributed by atoms with Gasteiger partial charge in [0.25, 0.3) is 0 Å². The minimum Gasteiger partial charge on any atom is -0.491 e. The molecule has 0 saturated heterocycles. The van der Waals surface area contributed by atoms with Crippen molar-refractivity contribution >= 4 is 15.9 Å². The second-order valence-electron chi connectivity index (χ2n) is 4.51. The maximum absolute atomic E-state index is 5.66. The summed E-state index contributed by atoms with van der Waals surface area (Å²) in [6.45, 7) is 6.35. The molecule has 0 radical (unpaired) electrons. The minimum absolute atomic E-state index is 0.320. The largest absolute Gasteiger partial charge is 0.491 e. The van der Waals surface area contributed by atoms with E-state index in [9.17, 15) is 0 Å². The Kier molecular flexibility index (Phi) is 8.10. The maximum atomic E-state index is 5.66. The number of benzene rings is 1. The molecule has 0 bridgehead atoms. The molecule has 1 rings (SSSR count). The van der Waals surface area contributed by atoms with E-state index in [1.807, 2.05) is 19.2 Å². The van der Waals surface area contributed by atoms with Crippen molar-refractivity contribution in [2.75, 3.05) is 26.9 Å². The molecule has 0 amide bonds. The fourth-order valence-corrected chi connectivity index (χ4v) is 2.37. The Morgan fingerprint density at radius 1 is 1.26 bits per heavy atom. The predicted molar refractivity (Wildman–Crippen MR) is 82.8 cm³/mol. The van der Waals surface area contributed by atoms with Gasteiger partial charge in [-0.3, -0.25) is 0 Å². The van der Waals surface area contributed by atoms with Gasteiger partial charge in [-0.05, 0) is 38.1 Å². The Labute approximate surface area is 124 Å². The molecule has 0 aliphatic heterocycles. The smallest absolute Gasteiger partial charge is 0.120 e. The summed E-state index contributed by atoms with van der Waals surface area (Å²) in [4.78, 5) is 0. The van der Waals surface area contributed by atoms with Crippen molar-refractivity contribution in [3.8, 4) is 5.75 Å². The lowest BCUT2D eigenvalue weighted by Crippen LogP contribution is -2.13. The van der Waals surface area contributed by atoms with Crippen molar-refractivity contribution in [3.63, 3.8) is 0 Å². The van der Waals surface area contributed by atoms with E-state index in [0.717, 1.165) is 23.2 Å². The van der Waals surface area contributed by atoms with E-state index >= 15 is 0 Å². The fourth-order valence-electron chi connectivity index (χ4n) is 1.67. The Balaban J connectivity index is 2.37. The molecule has 0 saturated carbocycles. The summed E-state index contributed by atoms with van der Waals surface area (Å²) in [6.07, 6.45) is 2.28. The first-order valence-corrected chi connectivity index (χ1v) is 7.65. The van der Waals surface area contributed by atoms with Crippen LogP contribution in [0.25, 0.3) is 0 Å². The molecular formula is C15H24BrNO2. The van der Waals surface area contributed by atoms with Crippen LogP contribution in [0, 0.1) is 0 Å². The van der Waals surface area contributed by atoms with Crippen LogP contribution in [0.4, 0.5) is 0 Å². The Bertz CT molecular complexity index is 371. The third-order valence-electron chi connectivity index (χ3n) is 3.01. The van der Waals surface area contributed by atoms with Gasteiger partial charge >= 0.3 is 0 Å². The molecule has 108 valence electrons. The highest BCUT2D eigenvalue weighted by Gasteiger charge is 2.08. The van der Waals surface area contributed by atoms with Gasteiger partial charge in [0.15, 0.2) is 0 Å². The van der Waals surface area contributed by atoms with Crippen molar-refractivity contribution < 1.29 is 9.47 Å². The normalized spacial score (nSPS) is 12.4. The molecule has 1 atom stereocenters. The third-order valence-corrected chi connectivity index (χ3v) is 3.70. The zero-order chi connectivity index (χ0) is 14.1. The van der Waals surface area contributed by atoms with Crippen molar-refractivity contribution in [1.29, 1.82) is 0 Å². The van der Waals surface area contributed by atoms with Gasteiger partial charge in [-0.1, -0.05) is 35.3 Å². The van der Waals surface area contributed by atoms with E-state index in [1.54, 1.807) is 0 Å². The van der Waals surface area contributed by atoms with Crippen LogP contribution in [0.3, 0.4) is 0 Å². The lowest BCUT2D eigenvalue weighted by Gasteiger charge is -2.14. The molecule has 1 unspecified atom stereocenters. The molecule has 1 aromatic carbocycles. The molecular weight excluding hydrogens is 306 g/mol. The second kappa shape index (κ2) is 9.34. The van der Waals surface area contributed by atoms with Crippen LogP contribution in [-0.2, 0) is 4.74 Å². The number of unbranched alkanes of at least 4 members (excludes halogenated alkanes) is 1. The topological polar surface area (TPSA) is 30.5 Å². The first-order chi connectivity index (χ1) is 9.19. The van der Waals surface area contributed by atoms with Gasteiger partial charge in [-0.25, -0.2) is 0 Å². The summed E-state index contributed by atoms with van der Waals surface area (Å²) in [5.74, 6) is 0.873. The molecule has 19 heavy (non-hydrogen) atoms. The Hall–Kier alpha value is -0.580. The van der Waals surface area contributed by atoms with E-state index < -0.39 is 0 Å². The summed E-state index contributed by atoms with van der Waals surface area (Å²) >= 11 is 3.58. The molecule has 1 N–H and O–H groups in total. The average molecular weight is 330 g/mol. The van der Waals surface area contributed by atoms with Crippen LogP contribution >= 0.6 is 15.9 Å². The van der Waals surface area contributed by atoms with E-state index in [4.69, 9.17) is 9.47 Å². The minimum atomic E-state index is 0.320. The van der Waals surface area contributed by atoms with Crippen molar-refractivity contribution in [2.45, 2.75) is 32.7 Å². The van der Waals surface area contributed by atoms with Gasteiger partial charge in [-0.2, -0.15) is 0 Å². The van der Waals surface area contributed by atoms with Crippen molar-refractivity contribution in [2.24, 2.45) is 0 Å². The second-order valence-corrected chi connectivity index (χ2v) is 5.36. The molecule has 0 aliphatic carbocycles. The van der Waals surface area contributed by atoms with Gasteiger partial charge in [-0.15, -0.1) is 0 Å². The summed E-state index contributed by atoms with van der Waals surface area (Å²) in [7, 11) is 1.95. The van der Waals surface area contributed by atoms with Crippen LogP contribution in [0.5, 0.6) is 5.75 Å². The maximum Gasteiger partial charge on any atom is 0.120 e. The summed E-state index contributed by atoms with van der Waals surface area (Å²) in [5.41, 5.74) is 1.23. The monoisotopic (exact) mass is 329 g/mol. The molecule has 3 nitrogen and oxygen atoms in total. The summed E-state index contributed by atoms with van der Waals surface area (Å²) in [5, 5.41) is 3.22. The number of rotatable bonds is 9. The third kappa shape index (κ3) is 5.93. The molecule has 1 aromatic rings. The highest BCUT2D eigenvalue weighted by Crippen LogP contribution is 2.27. The van der Waals surface area contributed by atoms with E-state index in [1.165, 1.54) is 12.0 Å². The van der Waals surface area contributed by atoms with Gasteiger partial charge < -0.3 is 14.8 Å². The first-order valence-electron chi connectivity index (χ1n) is 6.86. The average Bonchev–Trinajstić information content (AvgIpc) is 2.42. The number of nitrogens with one attached hydrogen (secondary N) is 1. The zero-order valence-electron chi connectivity index (χ0n) is 12.0. The summed E-state index contributed by atoms with van der Waals surface area (Å²) < 4.78 is 12.2. The fraction of sp³-hybridized carbons (Fsp3) is 0.600. The van der Waals surface area contributed by atoms with Crippen LogP contribution in [0.15, 0.2) is 22.7 Å². The van der Waals surface area contributed by atoms with Crippen LogP contribution in [0.2, 0.25) is 0 Å². The molecule has 0 aromatic heterocycles. The quantitative estimate of drug-likeness (QED) is 0.696. The Morgan fingerprint density at radius 2 is 2.05 bits per heavy atom. The molecule has 0 aliphatic rings. The van der Waals surface area contributed by atoms with Gasteiger partial charge in [0, 0.05) is 17.1 Å². The van der Waals surface area contributed by atoms with E-state index in [0.29, 0.717) is 19.3 Å². The Morgan fingerprint density at radius 3 is 2.68 bits per heavy atom. The van der Waals surface area contributed by atoms with E-state index in [2.05, 4.69) is 41.2 Å². The van der Waals surface area contributed by atoms with E-state index in [-0.39, 0.29) is 0 Å². The van der Waals surface area contributed by atoms with Gasteiger partial charge in [0.05, 0.1) is 6.61 Å². The van der Waals surface area contributed by atoms with Crippen LogP contribution in [0.1, 0.15) is 38.3 Å². The standard InChI is InChI=1S/C15H24BrNO2/c1-4-5-8-18-9-10-19-13-6-7-14(12(2)17-3)15(16)11-13/h6-7,11-12,17H,4-5,8-10H2,1-3H3. The molecule has 4 heteroatoms. The number of ether oxygens (including phenoxy) is 2. The lowest BCUT2D eigenvalue weighted by molar-refractivity contribution is 0.0980. The SMILES string of the molecule is CCCCOCCOc1ccc(C(C)NC)c(Br)c1. The lowest BCUT2D eigenvalue weighted by atomic mass is 10.1. The molecule has 0 heterocycles. The molecule has 0 fully saturated rings. The highest BCUT2D eigenvalue weighted by molar-refractivity contribution is 9.10. The molecule has 0 spiro atoms. The number of hydrogen-bond donors (Lipinski definition) is 1. The van der Waals surface area contributed by atoms with Crippen LogP contribution in [-0.4, -0.2) is 26.9 Å². The van der Waals surface area contributed by atoms with Crippen LogP contribution < -0.4 is 10.1 Å².